The topological polar surface area (TPSA) is 63.1 Å². The summed E-state index contributed by atoms with van der Waals surface area (Å²) in [6, 6.07) is 7.05. The summed E-state index contributed by atoms with van der Waals surface area (Å²) < 4.78 is 20.9. The van der Waals surface area contributed by atoms with Gasteiger partial charge in [0, 0.05) is 10.6 Å². The van der Waals surface area contributed by atoms with Crippen molar-refractivity contribution in [2.75, 3.05) is 0 Å². The van der Waals surface area contributed by atoms with Crippen LogP contribution in [0.3, 0.4) is 0 Å². The maximum Gasteiger partial charge on any atom is 0.189 e. The number of hydrogen-bond donors (Lipinski definition) is 1. The lowest BCUT2D eigenvalue weighted by Crippen LogP contribution is -2.04. The quantitative estimate of drug-likeness (QED) is 0.860. The average Bonchev–Trinajstić information content (AvgIpc) is 2.32. The number of aromatic nitrogens is 2. The summed E-state index contributed by atoms with van der Waals surface area (Å²) in [6.07, 6.45) is 0. The molecule has 4 nitrogen and oxygen atoms in total. The van der Waals surface area contributed by atoms with Crippen LogP contribution in [-0.2, 0) is 11.1 Å². The highest BCUT2D eigenvalue weighted by Gasteiger charge is 2.17. The molecule has 0 fully saturated rings. The van der Waals surface area contributed by atoms with E-state index in [9.17, 15) is 8.76 Å². The van der Waals surface area contributed by atoms with Gasteiger partial charge in [0.25, 0.3) is 0 Å². The fourth-order valence-corrected chi connectivity index (χ4v) is 2.62. The molecule has 94 valence electrons. The number of halogens is 1. The van der Waals surface area contributed by atoms with E-state index in [1.54, 1.807) is 38.1 Å². The Balaban J connectivity index is 2.73. The average molecular weight is 283 g/mol. The molecule has 1 heterocycles. The van der Waals surface area contributed by atoms with Crippen molar-refractivity contribution in [3.05, 3.63) is 40.7 Å². The number of hydrogen-bond acceptors (Lipinski definition) is 3. The second-order valence-electron chi connectivity index (χ2n) is 3.83. The molecule has 0 radical (unpaired) electrons. The van der Waals surface area contributed by atoms with Crippen LogP contribution >= 0.6 is 11.6 Å². The maximum absolute atomic E-state index is 11.5. The van der Waals surface area contributed by atoms with E-state index in [1.165, 1.54) is 0 Å². The van der Waals surface area contributed by atoms with Gasteiger partial charge in [-0.2, -0.15) is 10.2 Å². The number of benzene rings is 1. The normalized spacial score (nSPS) is 12.4. The van der Waals surface area contributed by atoms with Gasteiger partial charge in [0.2, 0.25) is 0 Å². The maximum atomic E-state index is 11.5. The zero-order valence-electron chi connectivity index (χ0n) is 9.85. The lowest BCUT2D eigenvalue weighted by atomic mass is 10.0. The van der Waals surface area contributed by atoms with Crippen molar-refractivity contribution >= 4 is 22.7 Å². The monoisotopic (exact) mass is 282 g/mol. The van der Waals surface area contributed by atoms with Gasteiger partial charge >= 0.3 is 0 Å². The highest BCUT2D eigenvalue weighted by Crippen LogP contribution is 2.30. The zero-order valence-corrected chi connectivity index (χ0v) is 11.4. The van der Waals surface area contributed by atoms with E-state index >= 15 is 0 Å². The minimum Gasteiger partial charge on any atom is -0.302 e. The van der Waals surface area contributed by atoms with Gasteiger partial charge in [0.05, 0.1) is 16.3 Å². The van der Waals surface area contributed by atoms with Crippen LogP contribution in [0.2, 0.25) is 5.02 Å². The Hall–Kier alpha value is -1.30. The Morgan fingerprint density at radius 2 is 1.67 bits per heavy atom. The van der Waals surface area contributed by atoms with Gasteiger partial charge in [-0.15, -0.1) is 0 Å². The summed E-state index contributed by atoms with van der Waals surface area (Å²) in [5, 5.41) is 8.48. The van der Waals surface area contributed by atoms with E-state index in [1.807, 2.05) is 0 Å². The Morgan fingerprint density at radius 1 is 1.11 bits per heavy atom. The first-order valence-electron chi connectivity index (χ1n) is 5.21. The van der Waals surface area contributed by atoms with Crippen LogP contribution < -0.4 is 0 Å². The van der Waals surface area contributed by atoms with Crippen LogP contribution in [-0.4, -0.2) is 19.0 Å². The van der Waals surface area contributed by atoms with Crippen LogP contribution in [0.5, 0.6) is 0 Å². The predicted molar refractivity (Wildman–Crippen MR) is 71.0 cm³/mol. The number of nitrogens with zero attached hydrogens (tertiary/aromatic N) is 2. The molecule has 18 heavy (non-hydrogen) atoms. The summed E-state index contributed by atoms with van der Waals surface area (Å²) in [7, 11) is 0. The fourth-order valence-electron chi connectivity index (χ4n) is 1.76. The van der Waals surface area contributed by atoms with Crippen LogP contribution in [0.1, 0.15) is 11.4 Å². The first-order chi connectivity index (χ1) is 8.50. The van der Waals surface area contributed by atoms with Gasteiger partial charge in [-0.1, -0.05) is 23.7 Å². The third-order valence-corrected chi connectivity index (χ3v) is 3.68. The Labute approximate surface area is 112 Å². The van der Waals surface area contributed by atoms with Gasteiger partial charge in [0.1, 0.15) is 0 Å². The summed E-state index contributed by atoms with van der Waals surface area (Å²) >= 11 is 3.73. The Kier molecular flexibility index (Phi) is 3.75. The largest absolute Gasteiger partial charge is 0.302 e. The standard InChI is InChI=1S/C12H11ClN2O2S/c1-7-11(9-3-5-10(13)6-4-9)12(18(16)17)8(2)15-14-7/h3-6H,1-2H3,(H,16,17). The van der Waals surface area contributed by atoms with Crippen LogP contribution in [0.4, 0.5) is 0 Å². The van der Waals surface area contributed by atoms with Crippen LogP contribution in [0.15, 0.2) is 29.2 Å². The molecule has 0 bridgehead atoms. The molecule has 0 aliphatic rings. The third-order valence-electron chi connectivity index (χ3n) is 2.57. The molecule has 1 unspecified atom stereocenters. The van der Waals surface area contributed by atoms with Crippen molar-refractivity contribution in [1.82, 2.24) is 10.2 Å². The van der Waals surface area contributed by atoms with Crippen molar-refractivity contribution in [3.63, 3.8) is 0 Å². The molecular formula is C12H11ClN2O2S. The highest BCUT2D eigenvalue weighted by molar-refractivity contribution is 7.79. The molecule has 0 spiro atoms. The second-order valence-corrected chi connectivity index (χ2v) is 5.17. The molecule has 2 rings (SSSR count). The minimum absolute atomic E-state index is 0.296. The zero-order chi connectivity index (χ0) is 13.3. The van der Waals surface area contributed by atoms with Crippen molar-refractivity contribution < 1.29 is 8.76 Å². The Bertz CT molecular complexity index is 614. The summed E-state index contributed by atoms with van der Waals surface area (Å²) in [5.41, 5.74) is 2.50. The molecule has 0 saturated heterocycles. The minimum atomic E-state index is -2.10. The van der Waals surface area contributed by atoms with Gasteiger partial charge in [0.15, 0.2) is 11.1 Å². The molecule has 0 saturated carbocycles. The molecule has 1 atom stereocenters. The Morgan fingerprint density at radius 3 is 2.22 bits per heavy atom. The first kappa shape index (κ1) is 13.1. The molecule has 0 amide bonds. The summed E-state index contributed by atoms with van der Waals surface area (Å²) in [4.78, 5) is 0.296. The van der Waals surface area contributed by atoms with E-state index < -0.39 is 11.1 Å². The third kappa shape index (κ3) is 2.43. The number of rotatable bonds is 2. The van der Waals surface area contributed by atoms with Crippen molar-refractivity contribution in [2.45, 2.75) is 18.7 Å². The SMILES string of the molecule is Cc1nnc(C)c(S(=O)O)c1-c1ccc(Cl)cc1. The van der Waals surface area contributed by atoms with Gasteiger partial charge < -0.3 is 4.55 Å². The van der Waals surface area contributed by atoms with Gasteiger partial charge in [-0.3, -0.25) is 0 Å². The summed E-state index contributed by atoms with van der Waals surface area (Å²) in [6.45, 7) is 3.42. The fraction of sp³-hybridized carbons (Fsp3) is 0.167. The lowest BCUT2D eigenvalue weighted by Gasteiger charge is -2.11. The van der Waals surface area contributed by atoms with Crippen LogP contribution in [0.25, 0.3) is 11.1 Å². The van der Waals surface area contributed by atoms with Crippen LogP contribution in [0, 0.1) is 13.8 Å². The molecule has 2 aromatic rings. The van der Waals surface area contributed by atoms with Gasteiger partial charge in [-0.25, -0.2) is 4.21 Å². The highest BCUT2D eigenvalue weighted by atomic mass is 35.5. The summed E-state index contributed by atoms with van der Waals surface area (Å²) in [5.74, 6) is 0. The van der Waals surface area contributed by atoms with E-state index in [0.717, 1.165) is 5.56 Å². The predicted octanol–water partition coefficient (Wildman–Crippen LogP) is 2.99. The molecular weight excluding hydrogens is 272 g/mol. The van der Waals surface area contributed by atoms with E-state index in [4.69, 9.17) is 11.6 Å². The second kappa shape index (κ2) is 5.14. The van der Waals surface area contributed by atoms with Crippen molar-refractivity contribution in [3.8, 4) is 11.1 Å². The van der Waals surface area contributed by atoms with E-state index in [-0.39, 0.29) is 0 Å². The molecule has 1 aromatic carbocycles. The lowest BCUT2D eigenvalue weighted by molar-refractivity contribution is 0.562. The van der Waals surface area contributed by atoms with Crippen molar-refractivity contribution in [2.24, 2.45) is 0 Å². The molecule has 0 aliphatic heterocycles. The first-order valence-corrected chi connectivity index (χ1v) is 6.70. The van der Waals surface area contributed by atoms with E-state index in [2.05, 4.69) is 10.2 Å². The number of aryl methyl sites for hydroxylation is 2. The molecule has 1 N–H and O–H groups in total. The van der Waals surface area contributed by atoms with Gasteiger partial charge in [-0.05, 0) is 31.5 Å². The van der Waals surface area contributed by atoms with E-state index in [0.29, 0.717) is 26.9 Å². The smallest absolute Gasteiger partial charge is 0.189 e. The van der Waals surface area contributed by atoms with Crippen molar-refractivity contribution in [1.29, 1.82) is 0 Å². The molecule has 1 aromatic heterocycles. The molecule has 0 aliphatic carbocycles. The molecule has 6 heteroatoms.